The number of carbonyl (C=O) groups is 1. The Morgan fingerprint density at radius 1 is 1.17 bits per heavy atom. The summed E-state index contributed by atoms with van der Waals surface area (Å²) in [7, 11) is 0. The minimum atomic E-state index is -0.916. The van der Waals surface area contributed by atoms with Crippen molar-refractivity contribution in [3.05, 3.63) is 30.1 Å². The molecule has 0 bridgehead atoms. The van der Waals surface area contributed by atoms with Crippen LogP contribution in [0.2, 0.25) is 0 Å². The Labute approximate surface area is 173 Å². The van der Waals surface area contributed by atoms with E-state index in [9.17, 15) is 4.79 Å². The first-order valence-electron chi connectivity index (χ1n) is 9.96. The van der Waals surface area contributed by atoms with Crippen molar-refractivity contribution in [3.8, 4) is 0 Å². The lowest BCUT2D eigenvalue weighted by atomic mass is 9.81. The van der Waals surface area contributed by atoms with Crippen LogP contribution in [-0.4, -0.2) is 32.8 Å². The van der Waals surface area contributed by atoms with Crippen LogP contribution in [0.3, 0.4) is 0 Å². The van der Waals surface area contributed by atoms with Crippen LogP contribution in [0.15, 0.2) is 24.3 Å². The predicted octanol–water partition coefficient (Wildman–Crippen LogP) is 3.71. The molecule has 0 aliphatic heterocycles. The van der Waals surface area contributed by atoms with E-state index in [0.29, 0.717) is 23.8 Å². The van der Waals surface area contributed by atoms with Crippen molar-refractivity contribution in [1.82, 2.24) is 20.2 Å². The van der Waals surface area contributed by atoms with E-state index in [4.69, 9.17) is 10.5 Å². The van der Waals surface area contributed by atoms with Gasteiger partial charge in [-0.3, -0.25) is 4.79 Å². The number of hydrogen-bond donors (Lipinski definition) is 2. The predicted molar refractivity (Wildman–Crippen MR) is 114 cm³/mol. The number of carbonyl (C=O) groups excluding carboxylic acids is 1. The minimum absolute atomic E-state index is 0.0567. The molecule has 1 heterocycles. The zero-order valence-corrected chi connectivity index (χ0v) is 18.6. The summed E-state index contributed by atoms with van der Waals surface area (Å²) >= 11 is 0. The Morgan fingerprint density at radius 2 is 1.83 bits per heavy atom. The third kappa shape index (κ3) is 5.68. The monoisotopic (exact) mass is 402 g/mol. The van der Waals surface area contributed by atoms with Gasteiger partial charge in [0, 0.05) is 0 Å². The second-order valence-corrected chi connectivity index (χ2v) is 9.49. The molecule has 0 radical (unpaired) electrons. The molecule has 29 heavy (non-hydrogen) atoms. The second-order valence-electron chi connectivity index (χ2n) is 9.49. The molecule has 2 rings (SSSR count). The van der Waals surface area contributed by atoms with Crippen LogP contribution in [-0.2, 0) is 20.6 Å². The first-order valence-corrected chi connectivity index (χ1v) is 9.96. The van der Waals surface area contributed by atoms with Gasteiger partial charge in [-0.2, -0.15) is 0 Å². The Morgan fingerprint density at radius 3 is 2.41 bits per heavy atom. The second kappa shape index (κ2) is 8.39. The molecule has 0 amide bonds. The fourth-order valence-electron chi connectivity index (χ4n) is 3.90. The maximum atomic E-state index is 12.4. The molecule has 0 saturated carbocycles. The van der Waals surface area contributed by atoms with Gasteiger partial charge in [0.2, 0.25) is 0 Å². The maximum Gasteiger partial charge on any atom is 0.308 e. The normalized spacial score (nSPS) is 14.3. The molecule has 1 aromatic carbocycles. The molecule has 0 aliphatic rings. The summed E-state index contributed by atoms with van der Waals surface area (Å²) in [6.07, 6.45) is 0.905. The summed E-state index contributed by atoms with van der Waals surface area (Å²) in [6, 6.07) is 7.42. The number of nitrogens with one attached hydrogen (secondary N) is 1. The van der Waals surface area contributed by atoms with Gasteiger partial charge < -0.3 is 15.8 Å². The number of benzene rings is 1. The van der Waals surface area contributed by atoms with Crippen molar-refractivity contribution in [3.63, 3.8) is 0 Å². The number of aromatic nitrogens is 4. The molecule has 0 saturated heterocycles. The van der Waals surface area contributed by atoms with Crippen molar-refractivity contribution in [2.45, 2.75) is 72.4 Å². The molecule has 1 aromatic heterocycles. The average Bonchev–Trinajstić information content (AvgIpc) is 3.06. The number of nitrogens with zero attached hydrogens (tertiary/aromatic N) is 4. The maximum absolute atomic E-state index is 12.4. The summed E-state index contributed by atoms with van der Waals surface area (Å²) in [4.78, 5) is 12.4. The molecule has 160 valence electrons. The summed E-state index contributed by atoms with van der Waals surface area (Å²) in [5.74, 6) is 0.225. The van der Waals surface area contributed by atoms with Crippen molar-refractivity contribution in [2.24, 2.45) is 5.41 Å². The van der Waals surface area contributed by atoms with Gasteiger partial charge in [-0.05, 0) is 62.1 Å². The largest absolute Gasteiger partial charge is 0.466 e. The van der Waals surface area contributed by atoms with Crippen LogP contribution >= 0.6 is 0 Å². The SMILES string of the molecule is CCOC(=O)CC(C)(Nc1ccccc1N)c1nnnn1C(C)(C)CC(C)(C)C. The van der Waals surface area contributed by atoms with Crippen LogP contribution < -0.4 is 11.1 Å². The topological polar surface area (TPSA) is 108 Å². The lowest BCUT2D eigenvalue weighted by Crippen LogP contribution is -2.43. The summed E-state index contributed by atoms with van der Waals surface area (Å²) < 4.78 is 7.03. The Hall–Kier alpha value is -2.64. The fourth-order valence-corrected chi connectivity index (χ4v) is 3.90. The van der Waals surface area contributed by atoms with Crippen LogP contribution in [0.4, 0.5) is 11.4 Å². The van der Waals surface area contributed by atoms with Gasteiger partial charge in [-0.25, -0.2) is 4.68 Å². The van der Waals surface area contributed by atoms with Gasteiger partial charge in [-0.1, -0.05) is 32.9 Å². The van der Waals surface area contributed by atoms with Crippen LogP contribution in [0.25, 0.3) is 0 Å². The molecule has 3 N–H and O–H groups in total. The lowest BCUT2D eigenvalue weighted by Gasteiger charge is -2.37. The molecular formula is C21H34N6O2. The van der Waals surface area contributed by atoms with Crippen LogP contribution in [0, 0.1) is 5.41 Å². The first-order chi connectivity index (χ1) is 13.4. The molecule has 2 aromatic rings. The smallest absolute Gasteiger partial charge is 0.308 e. The number of ether oxygens (including phenoxy) is 1. The molecule has 0 aliphatic carbocycles. The third-order valence-corrected chi connectivity index (χ3v) is 4.67. The van der Waals surface area contributed by atoms with Gasteiger partial charge in [-0.15, -0.1) is 5.10 Å². The Balaban J connectivity index is 2.51. The number of anilines is 2. The van der Waals surface area contributed by atoms with E-state index in [1.807, 2.05) is 29.8 Å². The standard InChI is InChI=1S/C21H34N6O2/c1-8-29-17(28)13-21(7,23-16-12-10-9-11-15(16)22)18-24-25-26-27(18)20(5,6)14-19(2,3)4/h9-12,23H,8,13-14,22H2,1-7H3. The third-order valence-electron chi connectivity index (χ3n) is 4.67. The number of tetrazole rings is 1. The summed E-state index contributed by atoms with van der Waals surface area (Å²) in [6.45, 7) is 14.7. The van der Waals surface area contributed by atoms with Gasteiger partial charge >= 0.3 is 5.97 Å². The van der Waals surface area contributed by atoms with Gasteiger partial charge in [0.15, 0.2) is 5.82 Å². The van der Waals surface area contributed by atoms with Crippen molar-refractivity contribution in [2.75, 3.05) is 17.7 Å². The Bertz CT molecular complexity index is 840. The highest BCUT2D eigenvalue weighted by Gasteiger charge is 2.40. The fraction of sp³-hybridized carbons (Fsp3) is 0.619. The number of rotatable bonds is 8. The average molecular weight is 403 g/mol. The van der Waals surface area contributed by atoms with E-state index in [-0.39, 0.29) is 23.3 Å². The summed E-state index contributed by atoms with van der Waals surface area (Å²) in [5.41, 5.74) is 6.22. The highest BCUT2D eigenvalue weighted by molar-refractivity contribution is 5.73. The van der Waals surface area contributed by atoms with Gasteiger partial charge in [0.1, 0.15) is 5.54 Å². The van der Waals surface area contributed by atoms with Crippen LogP contribution in [0.5, 0.6) is 0 Å². The zero-order valence-electron chi connectivity index (χ0n) is 18.6. The van der Waals surface area contributed by atoms with Crippen molar-refractivity contribution in [1.29, 1.82) is 0 Å². The van der Waals surface area contributed by atoms with E-state index >= 15 is 0 Å². The van der Waals surface area contributed by atoms with Crippen LogP contribution in [0.1, 0.15) is 67.1 Å². The molecule has 0 spiro atoms. The number of para-hydroxylation sites is 2. The highest BCUT2D eigenvalue weighted by Crippen LogP contribution is 2.36. The lowest BCUT2D eigenvalue weighted by molar-refractivity contribution is -0.144. The molecule has 1 unspecified atom stereocenters. The number of nitrogen functional groups attached to an aromatic ring is 1. The van der Waals surface area contributed by atoms with E-state index in [2.05, 4.69) is 55.5 Å². The van der Waals surface area contributed by atoms with Gasteiger partial charge in [0.25, 0.3) is 0 Å². The zero-order chi connectivity index (χ0) is 21.9. The number of hydrogen-bond acceptors (Lipinski definition) is 7. The van der Waals surface area contributed by atoms with E-state index in [1.165, 1.54) is 0 Å². The quantitative estimate of drug-likeness (QED) is 0.512. The van der Waals surface area contributed by atoms with E-state index < -0.39 is 5.54 Å². The summed E-state index contributed by atoms with van der Waals surface area (Å²) in [5, 5.41) is 15.9. The van der Waals surface area contributed by atoms with Gasteiger partial charge in [0.05, 0.1) is 29.9 Å². The number of esters is 1. The van der Waals surface area contributed by atoms with E-state index in [0.717, 1.165) is 6.42 Å². The number of nitrogens with two attached hydrogens (primary N) is 1. The first kappa shape index (κ1) is 22.6. The molecule has 8 nitrogen and oxygen atoms in total. The molecular weight excluding hydrogens is 368 g/mol. The van der Waals surface area contributed by atoms with E-state index in [1.54, 1.807) is 13.0 Å². The molecule has 8 heteroatoms. The Kier molecular flexibility index (Phi) is 6.55. The molecule has 0 fully saturated rings. The molecule has 1 atom stereocenters. The van der Waals surface area contributed by atoms with Crippen molar-refractivity contribution < 1.29 is 9.53 Å². The highest BCUT2D eigenvalue weighted by atomic mass is 16.5. The minimum Gasteiger partial charge on any atom is -0.466 e. The van der Waals surface area contributed by atoms with Crippen molar-refractivity contribution >= 4 is 17.3 Å².